The standard InChI is InChI=1S/C12H14ClNO2/c1-2-16-11(15)12(6-7-12)14-10-5-3-4-9(13)8-10/h3-5,8,14H,2,6-7H2,1H3. The van der Waals surface area contributed by atoms with Crippen molar-refractivity contribution in [3.05, 3.63) is 29.3 Å². The van der Waals surface area contributed by atoms with Crippen LogP contribution in [0.5, 0.6) is 0 Å². The van der Waals surface area contributed by atoms with Crippen molar-refractivity contribution >= 4 is 23.3 Å². The lowest BCUT2D eigenvalue weighted by Crippen LogP contribution is -2.33. The van der Waals surface area contributed by atoms with E-state index in [0.29, 0.717) is 11.6 Å². The van der Waals surface area contributed by atoms with E-state index in [9.17, 15) is 4.79 Å². The van der Waals surface area contributed by atoms with Gasteiger partial charge in [0.05, 0.1) is 6.61 Å². The van der Waals surface area contributed by atoms with Gasteiger partial charge in [-0.05, 0) is 38.0 Å². The predicted molar refractivity (Wildman–Crippen MR) is 63.7 cm³/mol. The Bertz CT molecular complexity index is 402. The molecule has 0 bridgehead atoms. The maximum atomic E-state index is 11.7. The number of hydrogen-bond acceptors (Lipinski definition) is 3. The van der Waals surface area contributed by atoms with Crippen molar-refractivity contribution in [3.63, 3.8) is 0 Å². The van der Waals surface area contributed by atoms with E-state index in [-0.39, 0.29) is 5.97 Å². The molecule has 0 saturated heterocycles. The number of carbonyl (C=O) groups excluding carboxylic acids is 1. The molecule has 0 heterocycles. The molecule has 1 aliphatic carbocycles. The number of nitrogens with one attached hydrogen (secondary N) is 1. The smallest absolute Gasteiger partial charge is 0.331 e. The third kappa shape index (κ3) is 2.30. The lowest BCUT2D eigenvalue weighted by atomic mass is 10.2. The third-order valence-electron chi connectivity index (χ3n) is 2.62. The van der Waals surface area contributed by atoms with Crippen molar-refractivity contribution in [1.29, 1.82) is 0 Å². The first-order valence-corrected chi connectivity index (χ1v) is 5.75. The second-order valence-electron chi connectivity index (χ2n) is 3.94. The van der Waals surface area contributed by atoms with Gasteiger partial charge in [0.25, 0.3) is 0 Å². The summed E-state index contributed by atoms with van der Waals surface area (Å²) >= 11 is 5.88. The lowest BCUT2D eigenvalue weighted by Gasteiger charge is -2.17. The van der Waals surface area contributed by atoms with Crippen LogP contribution in [-0.2, 0) is 9.53 Å². The molecule has 0 amide bonds. The van der Waals surface area contributed by atoms with E-state index in [4.69, 9.17) is 16.3 Å². The molecule has 3 nitrogen and oxygen atoms in total. The van der Waals surface area contributed by atoms with Crippen molar-refractivity contribution in [2.75, 3.05) is 11.9 Å². The van der Waals surface area contributed by atoms with Crippen molar-refractivity contribution in [3.8, 4) is 0 Å². The molecule has 0 atom stereocenters. The Morgan fingerprint density at radius 3 is 2.88 bits per heavy atom. The summed E-state index contributed by atoms with van der Waals surface area (Å²) in [6, 6.07) is 7.36. The van der Waals surface area contributed by atoms with E-state index in [0.717, 1.165) is 18.5 Å². The van der Waals surface area contributed by atoms with Crippen molar-refractivity contribution in [2.24, 2.45) is 0 Å². The first-order valence-electron chi connectivity index (χ1n) is 5.37. The fraction of sp³-hybridized carbons (Fsp3) is 0.417. The average molecular weight is 240 g/mol. The monoisotopic (exact) mass is 239 g/mol. The highest BCUT2D eigenvalue weighted by molar-refractivity contribution is 6.30. The van der Waals surface area contributed by atoms with E-state index in [2.05, 4.69) is 5.32 Å². The number of carbonyl (C=O) groups is 1. The Labute approximate surface area is 99.7 Å². The van der Waals surface area contributed by atoms with Crippen LogP contribution in [0.4, 0.5) is 5.69 Å². The predicted octanol–water partition coefficient (Wildman–Crippen LogP) is 2.85. The van der Waals surface area contributed by atoms with E-state index in [1.807, 2.05) is 19.1 Å². The van der Waals surface area contributed by atoms with Crippen molar-refractivity contribution in [2.45, 2.75) is 25.3 Å². The van der Waals surface area contributed by atoms with Crippen LogP contribution < -0.4 is 5.32 Å². The summed E-state index contributed by atoms with van der Waals surface area (Å²) in [5.74, 6) is -0.171. The molecule has 1 aliphatic rings. The van der Waals surface area contributed by atoms with Gasteiger partial charge in [0.1, 0.15) is 5.54 Å². The number of hydrogen-bond donors (Lipinski definition) is 1. The highest BCUT2D eigenvalue weighted by Crippen LogP contribution is 2.40. The highest BCUT2D eigenvalue weighted by atomic mass is 35.5. The Balaban J connectivity index is 2.07. The fourth-order valence-electron chi connectivity index (χ4n) is 1.62. The van der Waals surface area contributed by atoms with Gasteiger partial charge in [-0.15, -0.1) is 0 Å². The number of esters is 1. The molecule has 0 aromatic heterocycles. The third-order valence-corrected chi connectivity index (χ3v) is 2.86. The van der Waals surface area contributed by atoms with Crippen molar-refractivity contribution < 1.29 is 9.53 Å². The molecule has 1 N–H and O–H groups in total. The van der Waals surface area contributed by atoms with E-state index in [1.54, 1.807) is 12.1 Å². The van der Waals surface area contributed by atoms with Crippen LogP contribution >= 0.6 is 11.6 Å². The molecule has 0 spiro atoms. The average Bonchev–Trinajstić information content (AvgIpc) is 2.99. The first-order chi connectivity index (χ1) is 7.66. The summed E-state index contributed by atoms with van der Waals surface area (Å²) in [5.41, 5.74) is 0.346. The van der Waals surface area contributed by atoms with Gasteiger partial charge in [0.15, 0.2) is 0 Å². The second kappa shape index (κ2) is 4.34. The minimum Gasteiger partial charge on any atom is -0.464 e. The molecule has 1 fully saturated rings. The Hall–Kier alpha value is -1.22. The molecule has 86 valence electrons. The molecular weight excluding hydrogens is 226 g/mol. The minimum absolute atomic E-state index is 0.171. The Morgan fingerprint density at radius 2 is 2.31 bits per heavy atom. The van der Waals surface area contributed by atoms with Gasteiger partial charge in [-0.2, -0.15) is 0 Å². The van der Waals surface area contributed by atoms with Gasteiger partial charge in [0, 0.05) is 10.7 Å². The molecule has 0 unspecified atom stereocenters. The highest BCUT2D eigenvalue weighted by Gasteiger charge is 2.51. The van der Waals surface area contributed by atoms with Crippen LogP contribution in [0.3, 0.4) is 0 Å². The molecule has 2 rings (SSSR count). The van der Waals surface area contributed by atoms with Gasteiger partial charge < -0.3 is 10.1 Å². The zero-order valence-corrected chi connectivity index (χ0v) is 9.88. The summed E-state index contributed by atoms with van der Waals surface area (Å²) in [6.45, 7) is 2.23. The van der Waals surface area contributed by atoms with E-state index in [1.165, 1.54) is 0 Å². The van der Waals surface area contributed by atoms with Crippen LogP contribution in [0.2, 0.25) is 5.02 Å². The molecule has 0 aliphatic heterocycles. The summed E-state index contributed by atoms with van der Waals surface area (Å²) in [7, 11) is 0. The molecule has 1 aromatic rings. The molecular formula is C12H14ClNO2. The van der Waals surface area contributed by atoms with Gasteiger partial charge in [-0.3, -0.25) is 0 Å². The van der Waals surface area contributed by atoms with Crippen LogP contribution in [0, 0.1) is 0 Å². The number of ether oxygens (including phenoxy) is 1. The van der Waals surface area contributed by atoms with Crippen molar-refractivity contribution in [1.82, 2.24) is 0 Å². The van der Waals surface area contributed by atoms with Crippen LogP contribution in [0.15, 0.2) is 24.3 Å². The zero-order chi connectivity index (χ0) is 11.6. The number of benzene rings is 1. The summed E-state index contributed by atoms with van der Waals surface area (Å²) in [5, 5.41) is 3.85. The largest absolute Gasteiger partial charge is 0.464 e. The molecule has 1 saturated carbocycles. The van der Waals surface area contributed by atoms with E-state index >= 15 is 0 Å². The normalized spacial score (nSPS) is 16.6. The molecule has 16 heavy (non-hydrogen) atoms. The quantitative estimate of drug-likeness (QED) is 0.822. The number of halogens is 1. The second-order valence-corrected chi connectivity index (χ2v) is 4.37. The zero-order valence-electron chi connectivity index (χ0n) is 9.13. The van der Waals surface area contributed by atoms with E-state index < -0.39 is 5.54 Å². The van der Waals surface area contributed by atoms with Crippen LogP contribution in [0.25, 0.3) is 0 Å². The lowest BCUT2D eigenvalue weighted by molar-refractivity contribution is -0.145. The van der Waals surface area contributed by atoms with Crippen LogP contribution in [0.1, 0.15) is 19.8 Å². The maximum absolute atomic E-state index is 11.7. The number of anilines is 1. The molecule has 0 radical (unpaired) electrons. The van der Waals surface area contributed by atoms with Gasteiger partial charge in [-0.25, -0.2) is 4.79 Å². The Kier molecular flexibility index (Phi) is 3.06. The van der Waals surface area contributed by atoms with Gasteiger partial charge in [-0.1, -0.05) is 17.7 Å². The summed E-state index contributed by atoms with van der Waals surface area (Å²) < 4.78 is 5.04. The summed E-state index contributed by atoms with van der Waals surface area (Å²) in [6.07, 6.45) is 1.64. The Morgan fingerprint density at radius 1 is 1.56 bits per heavy atom. The fourth-order valence-corrected chi connectivity index (χ4v) is 1.81. The minimum atomic E-state index is -0.513. The topological polar surface area (TPSA) is 38.3 Å². The number of rotatable bonds is 4. The summed E-state index contributed by atoms with van der Waals surface area (Å²) in [4.78, 5) is 11.7. The molecule has 4 heteroatoms. The maximum Gasteiger partial charge on any atom is 0.331 e. The first kappa shape index (κ1) is 11.3. The molecule has 1 aromatic carbocycles. The van der Waals surface area contributed by atoms with Gasteiger partial charge >= 0.3 is 5.97 Å². The SMILES string of the molecule is CCOC(=O)C1(Nc2cccc(Cl)c2)CC1. The van der Waals surface area contributed by atoms with Crippen LogP contribution in [-0.4, -0.2) is 18.1 Å². The van der Waals surface area contributed by atoms with Gasteiger partial charge in [0.2, 0.25) is 0 Å².